The van der Waals surface area contributed by atoms with E-state index in [0.717, 1.165) is 22.7 Å². The van der Waals surface area contributed by atoms with Crippen LogP contribution in [0.2, 0.25) is 0 Å². The van der Waals surface area contributed by atoms with Gasteiger partial charge in [0.25, 0.3) is 0 Å². The zero-order valence-electron chi connectivity index (χ0n) is 12.1. The Morgan fingerprint density at radius 3 is 2.70 bits per heavy atom. The SMILES string of the molecule is COCC(C)n1cc(C)nc1NCc1ccc(Br)cc1. The van der Waals surface area contributed by atoms with E-state index in [4.69, 9.17) is 4.74 Å². The maximum absolute atomic E-state index is 5.22. The molecule has 0 spiro atoms. The van der Waals surface area contributed by atoms with Crippen LogP contribution >= 0.6 is 15.9 Å². The van der Waals surface area contributed by atoms with Crippen molar-refractivity contribution >= 4 is 21.9 Å². The maximum Gasteiger partial charge on any atom is 0.203 e. The first-order chi connectivity index (χ1) is 9.60. The first-order valence-corrected chi connectivity index (χ1v) is 7.42. The van der Waals surface area contributed by atoms with Crippen LogP contribution in [0.15, 0.2) is 34.9 Å². The number of halogens is 1. The van der Waals surface area contributed by atoms with Crippen LogP contribution in [-0.4, -0.2) is 23.3 Å². The molecule has 1 N–H and O–H groups in total. The lowest BCUT2D eigenvalue weighted by atomic mass is 10.2. The second kappa shape index (κ2) is 6.90. The normalized spacial score (nSPS) is 12.4. The number of nitrogens with zero attached hydrogens (tertiary/aromatic N) is 2. The zero-order valence-corrected chi connectivity index (χ0v) is 13.6. The highest BCUT2D eigenvalue weighted by Gasteiger charge is 2.11. The standard InChI is InChI=1S/C15H20BrN3O/c1-11-9-19(12(2)10-20-3)15(18-11)17-8-13-4-6-14(16)7-5-13/h4-7,9,12H,8,10H2,1-3H3,(H,17,18). The van der Waals surface area contributed by atoms with Crippen LogP contribution in [-0.2, 0) is 11.3 Å². The lowest BCUT2D eigenvalue weighted by Crippen LogP contribution is -2.14. The molecule has 0 amide bonds. The molecule has 0 saturated carbocycles. The summed E-state index contributed by atoms with van der Waals surface area (Å²) >= 11 is 3.44. The van der Waals surface area contributed by atoms with Gasteiger partial charge in [0.15, 0.2) is 0 Å². The number of imidazole rings is 1. The van der Waals surface area contributed by atoms with Crippen molar-refractivity contribution in [3.8, 4) is 0 Å². The number of benzene rings is 1. The van der Waals surface area contributed by atoms with E-state index < -0.39 is 0 Å². The lowest BCUT2D eigenvalue weighted by molar-refractivity contribution is 0.163. The van der Waals surface area contributed by atoms with E-state index in [-0.39, 0.29) is 6.04 Å². The third-order valence-corrected chi connectivity index (χ3v) is 3.63. The van der Waals surface area contributed by atoms with Crippen molar-refractivity contribution in [2.75, 3.05) is 19.0 Å². The number of methoxy groups -OCH3 is 1. The largest absolute Gasteiger partial charge is 0.383 e. The molecule has 5 heteroatoms. The van der Waals surface area contributed by atoms with Gasteiger partial charge < -0.3 is 14.6 Å². The quantitative estimate of drug-likeness (QED) is 0.871. The van der Waals surface area contributed by atoms with Crippen LogP contribution in [0.3, 0.4) is 0 Å². The number of ether oxygens (including phenoxy) is 1. The number of rotatable bonds is 6. The fraction of sp³-hybridized carbons (Fsp3) is 0.400. The van der Waals surface area contributed by atoms with Crippen LogP contribution in [0.25, 0.3) is 0 Å². The summed E-state index contributed by atoms with van der Waals surface area (Å²) < 4.78 is 8.43. The Hall–Kier alpha value is -1.33. The fourth-order valence-electron chi connectivity index (χ4n) is 2.09. The molecule has 1 unspecified atom stereocenters. The molecule has 0 radical (unpaired) electrons. The van der Waals surface area contributed by atoms with Crippen LogP contribution in [0.5, 0.6) is 0 Å². The molecule has 0 aliphatic rings. The zero-order chi connectivity index (χ0) is 14.5. The van der Waals surface area contributed by atoms with Gasteiger partial charge in [-0.3, -0.25) is 0 Å². The molecule has 1 atom stereocenters. The number of anilines is 1. The Labute approximate surface area is 128 Å². The van der Waals surface area contributed by atoms with Gasteiger partial charge in [-0.25, -0.2) is 4.98 Å². The molecule has 2 aromatic rings. The Morgan fingerprint density at radius 2 is 2.05 bits per heavy atom. The molecule has 1 aromatic carbocycles. The molecule has 20 heavy (non-hydrogen) atoms. The van der Waals surface area contributed by atoms with Gasteiger partial charge in [-0.2, -0.15) is 0 Å². The Kier molecular flexibility index (Phi) is 5.20. The van der Waals surface area contributed by atoms with Crippen molar-refractivity contribution in [3.05, 3.63) is 46.2 Å². The van der Waals surface area contributed by atoms with Crippen molar-refractivity contribution < 1.29 is 4.74 Å². The van der Waals surface area contributed by atoms with Gasteiger partial charge in [0.05, 0.1) is 18.3 Å². The number of hydrogen-bond acceptors (Lipinski definition) is 3. The minimum Gasteiger partial charge on any atom is -0.383 e. The molecule has 0 bridgehead atoms. The maximum atomic E-state index is 5.22. The van der Waals surface area contributed by atoms with E-state index in [9.17, 15) is 0 Å². The van der Waals surface area contributed by atoms with Gasteiger partial charge in [0, 0.05) is 24.3 Å². The fourth-order valence-corrected chi connectivity index (χ4v) is 2.35. The minimum atomic E-state index is 0.258. The van der Waals surface area contributed by atoms with Gasteiger partial charge in [0.1, 0.15) is 0 Å². The summed E-state index contributed by atoms with van der Waals surface area (Å²) in [5.41, 5.74) is 2.23. The molecule has 1 heterocycles. The Morgan fingerprint density at radius 1 is 1.35 bits per heavy atom. The van der Waals surface area contributed by atoms with Crippen LogP contribution in [0, 0.1) is 6.92 Å². The number of nitrogens with one attached hydrogen (secondary N) is 1. The third-order valence-electron chi connectivity index (χ3n) is 3.10. The monoisotopic (exact) mass is 337 g/mol. The van der Waals surface area contributed by atoms with Gasteiger partial charge in [-0.05, 0) is 31.5 Å². The van der Waals surface area contributed by atoms with Crippen LogP contribution in [0.4, 0.5) is 5.95 Å². The highest BCUT2D eigenvalue weighted by Crippen LogP contribution is 2.17. The van der Waals surface area contributed by atoms with Gasteiger partial charge in [-0.15, -0.1) is 0 Å². The Balaban J connectivity index is 2.07. The molecule has 108 valence electrons. The first kappa shape index (κ1) is 15.1. The Bertz CT molecular complexity index is 551. The highest BCUT2D eigenvalue weighted by atomic mass is 79.9. The number of aromatic nitrogens is 2. The number of hydrogen-bond donors (Lipinski definition) is 1. The van der Waals surface area contributed by atoms with Crippen molar-refractivity contribution in [1.29, 1.82) is 0 Å². The summed E-state index contributed by atoms with van der Waals surface area (Å²) in [5.74, 6) is 0.884. The molecular formula is C15H20BrN3O. The van der Waals surface area contributed by atoms with E-state index in [1.54, 1.807) is 7.11 Å². The van der Waals surface area contributed by atoms with Crippen LogP contribution < -0.4 is 5.32 Å². The summed E-state index contributed by atoms with van der Waals surface area (Å²) in [6, 6.07) is 8.53. The van der Waals surface area contributed by atoms with Gasteiger partial charge in [0.2, 0.25) is 5.95 Å². The van der Waals surface area contributed by atoms with E-state index in [1.807, 2.05) is 25.3 Å². The molecule has 0 aliphatic heterocycles. The van der Waals surface area contributed by atoms with Crippen molar-refractivity contribution in [3.63, 3.8) is 0 Å². The number of aryl methyl sites for hydroxylation is 1. The van der Waals surface area contributed by atoms with Crippen molar-refractivity contribution in [2.45, 2.75) is 26.4 Å². The smallest absolute Gasteiger partial charge is 0.203 e. The summed E-state index contributed by atoms with van der Waals surface area (Å²) in [7, 11) is 1.72. The second-order valence-electron chi connectivity index (χ2n) is 4.90. The van der Waals surface area contributed by atoms with Crippen LogP contribution in [0.1, 0.15) is 24.2 Å². The molecule has 4 nitrogen and oxygen atoms in total. The molecule has 0 aliphatic carbocycles. The van der Waals surface area contributed by atoms with Gasteiger partial charge >= 0.3 is 0 Å². The molecule has 1 aromatic heterocycles. The molecule has 0 fully saturated rings. The summed E-state index contributed by atoms with van der Waals surface area (Å²) in [4.78, 5) is 4.53. The van der Waals surface area contributed by atoms with E-state index in [0.29, 0.717) is 6.61 Å². The average molecular weight is 338 g/mol. The summed E-state index contributed by atoms with van der Waals surface area (Å²) in [6.07, 6.45) is 2.05. The van der Waals surface area contributed by atoms with Crippen molar-refractivity contribution in [1.82, 2.24) is 9.55 Å². The van der Waals surface area contributed by atoms with Crippen molar-refractivity contribution in [2.24, 2.45) is 0 Å². The predicted molar refractivity (Wildman–Crippen MR) is 85.0 cm³/mol. The van der Waals surface area contributed by atoms with E-state index in [2.05, 4.69) is 49.9 Å². The highest BCUT2D eigenvalue weighted by molar-refractivity contribution is 9.10. The average Bonchev–Trinajstić information content (AvgIpc) is 2.80. The topological polar surface area (TPSA) is 39.1 Å². The first-order valence-electron chi connectivity index (χ1n) is 6.63. The van der Waals surface area contributed by atoms with E-state index in [1.165, 1.54) is 5.56 Å². The predicted octanol–water partition coefficient (Wildman–Crippen LogP) is 3.77. The lowest BCUT2D eigenvalue weighted by Gasteiger charge is -2.16. The summed E-state index contributed by atoms with van der Waals surface area (Å²) in [5, 5.41) is 3.39. The second-order valence-corrected chi connectivity index (χ2v) is 5.81. The third kappa shape index (κ3) is 3.84. The van der Waals surface area contributed by atoms with Gasteiger partial charge in [-0.1, -0.05) is 28.1 Å². The summed E-state index contributed by atoms with van der Waals surface area (Å²) in [6.45, 7) is 5.54. The molecule has 2 rings (SSSR count). The minimum absolute atomic E-state index is 0.258. The van der Waals surface area contributed by atoms with E-state index >= 15 is 0 Å². The molecule has 0 saturated heterocycles. The molecular weight excluding hydrogens is 318 g/mol.